The van der Waals surface area contributed by atoms with E-state index in [1.165, 1.54) is 6.92 Å². The molecule has 0 aromatic heterocycles. The van der Waals surface area contributed by atoms with Gasteiger partial charge in [0, 0.05) is 18.4 Å². The number of unbranched alkanes of at least 4 members (excludes halogenated alkanes) is 3. The Labute approximate surface area is 261 Å². The highest BCUT2D eigenvalue weighted by molar-refractivity contribution is 5.80. The molecule has 0 radical (unpaired) electrons. The summed E-state index contributed by atoms with van der Waals surface area (Å²) >= 11 is 0. The molecule has 0 N–H and O–H groups in total. The maximum atomic E-state index is 15.4. The minimum absolute atomic E-state index is 0.0196. The van der Waals surface area contributed by atoms with Crippen LogP contribution in [0.4, 0.5) is 8.78 Å². The average Bonchev–Trinajstić information content (AvgIpc) is 2.91. The molecule has 14 heteroatoms. The Bertz CT molecular complexity index is 1290. The molecule has 0 amide bonds. The number of halogens is 2. The van der Waals surface area contributed by atoms with E-state index in [9.17, 15) is 29.6 Å². The first-order chi connectivity index (χ1) is 20.9. The fourth-order valence-corrected chi connectivity index (χ4v) is 4.93. The summed E-state index contributed by atoms with van der Waals surface area (Å²) in [6, 6.07) is 1.47. The van der Waals surface area contributed by atoms with Gasteiger partial charge in [0.1, 0.15) is 12.4 Å². The zero-order valence-electron chi connectivity index (χ0n) is 26.4. The van der Waals surface area contributed by atoms with Gasteiger partial charge in [0.2, 0.25) is 0 Å². The molecule has 2 rings (SSSR count). The number of allylic oxidation sites excluding steroid dienone is 2. The third-order valence-electron chi connectivity index (χ3n) is 7.07. The maximum Gasteiger partial charge on any atom is 0.381 e. The number of ether oxygens (including phenoxy) is 3. The van der Waals surface area contributed by atoms with Gasteiger partial charge in [-0.05, 0) is 62.1 Å². The summed E-state index contributed by atoms with van der Waals surface area (Å²) < 4.78 is 46.4. The standard InChI is InChI=1S/C31H42F2N2O10/c1-20(2)24-12-11-22(19-43-21(3)36)15-25(24)29-26(37)16-23(17-27(29)45-28(38)18-35(4,5)6)31(32,33)30(39)42-13-9-7-8-10-14-44-34(40)41/h15-17,24-25H,1,7-14,18-19H2,2-6H3/t24-,25+/m1/s1. The minimum Gasteiger partial charge on any atom is -0.872 e. The van der Waals surface area contributed by atoms with E-state index in [1.54, 1.807) is 34.1 Å². The van der Waals surface area contributed by atoms with Crippen LogP contribution in [0.15, 0.2) is 35.9 Å². The van der Waals surface area contributed by atoms with Gasteiger partial charge in [-0.3, -0.25) is 4.79 Å². The summed E-state index contributed by atoms with van der Waals surface area (Å²) in [6.07, 6.45) is 4.32. The molecule has 1 aliphatic carbocycles. The number of alkyl halides is 2. The first-order valence-electron chi connectivity index (χ1n) is 14.6. The number of quaternary nitrogens is 1. The Morgan fingerprint density at radius 3 is 2.29 bits per heavy atom. The molecule has 0 saturated heterocycles. The van der Waals surface area contributed by atoms with Crippen LogP contribution in [0.3, 0.4) is 0 Å². The zero-order chi connectivity index (χ0) is 33.9. The van der Waals surface area contributed by atoms with Gasteiger partial charge >= 0.3 is 23.8 Å². The van der Waals surface area contributed by atoms with Crippen molar-refractivity contribution < 1.29 is 56.9 Å². The molecular formula is C31H42F2N2O10. The molecule has 0 aliphatic heterocycles. The summed E-state index contributed by atoms with van der Waals surface area (Å²) in [5.74, 6) is -9.70. The van der Waals surface area contributed by atoms with Crippen LogP contribution in [-0.2, 0) is 34.6 Å². The molecule has 0 unspecified atom stereocenters. The lowest BCUT2D eigenvalue weighted by Gasteiger charge is -2.35. The topological polar surface area (TPSA) is 154 Å². The summed E-state index contributed by atoms with van der Waals surface area (Å²) in [5, 5.41) is 22.8. The van der Waals surface area contributed by atoms with E-state index in [0.717, 1.165) is 6.07 Å². The first-order valence-corrected chi connectivity index (χ1v) is 14.6. The van der Waals surface area contributed by atoms with Crippen molar-refractivity contribution in [1.82, 2.24) is 0 Å². The Balaban J connectivity index is 2.40. The van der Waals surface area contributed by atoms with Gasteiger partial charge in [-0.25, -0.2) is 9.59 Å². The van der Waals surface area contributed by atoms with E-state index in [1.807, 2.05) is 0 Å². The van der Waals surface area contributed by atoms with Gasteiger partial charge in [-0.1, -0.05) is 30.7 Å². The SMILES string of the molecule is C=C(C)[C@H]1CCC(COC(C)=O)=C[C@@H]1c1c([O-])cc(C(F)(F)C(=O)OCCCCCCO[N+](=O)[O-])cc1OC(=O)C[N+](C)(C)C. The van der Waals surface area contributed by atoms with E-state index in [-0.39, 0.29) is 48.8 Å². The molecule has 12 nitrogen and oxygen atoms in total. The second kappa shape index (κ2) is 16.3. The van der Waals surface area contributed by atoms with Crippen molar-refractivity contribution in [3.8, 4) is 11.5 Å². The molecule has 1 aromatic rings. The summed E-state index contributed by atoms with van der Waals surface area (Å²) in [4.78, 5) is 51.1. The fraction of sp³-hybridized carbons (Fsp3) is 0.581. The fourth-order valence-electron chi connectivity index (χ4n) is 4.93. The molecular weight excluding hydrogens is 598 g/mol. The third-order valence-corrected chi connectivity index (χ3v) is 7.07. The van der Waals surface area contributed by atoms with Crippen molar-refractivity contribution in [1.29, 1.82) is 0 Å². The van der Waals surface area contributed by atoms with Gasteiger partial charge in [0.15, 0.2) is 6.54 Å². The number of nitrogens with zero attached hydrogens (tertiary/aromatic N) is 2. The number of hydrogen-bond acceptors (Lipinski definition) is 10. The van der Waals surface area contributed by atoms with Crippen LogP contribution < -0.4 is 9.84 Å². The molecule has 1 aromatic carbocycles. The molecule has 0 spiro atoms. The minimum atomic E-state index is -4.24. The van der Waals surface area contributed by atoms with Crippen molar-refractivity contribution in [2.45, 2.75) is 64.2 Å². The van der Waals surface area contributed by atoms with Gasteiger partial charge in [0.05, 0.1) is 34.4 Å². The summed E-state index contributed by atoms with van der Waals surface area (Å²) in [7, 11) is 5.18. The normalized spacial score (nSPS) is 16.7. The highest BCUT2D eigenvalue weighted by Crippen LogP contribution is 2.48. The number of carbonyl (C=O) groups excluding carboxylic acids is 3. The molecule has 1 aliphatic rings. The second-order valence-corrected chi connectivity index (χ2v) is 12.1. The van der Waals surface area contributed by atoms with Gasteiger partial charge < -0.3 is 28.6 Å². The Hall–Kier alpha value is -4.07. The monoisotopic (exact) mass is 640 g/mol. The Kier molecular flexibility index (Phi) is 13.4. The number of rotatable bonds is 17. The number of likely N-dealkylation sites (N-methyl/N-ethyl adjacent to an activating group) is 1. The predicted octanol–water partition coefficient (Wildman–Crippen LogP) is 4.33. The lowest BCUT2D eigenvalue weighted by Crippen LogP contribution is -2.41. The van der Waals surface area contributed by atoms with Crippen molar-refractivity contribution in [2.75, 3.05) is 47.5 Å². The maximum absolute atomic E-state index is 15.4. The first kappa shape index (κ1) is 37.1. The largest absolute Gasteiger partial charge is 0.872 e. The third kappa shape index (κ3) is 11.7. The Morgan fingerprint density at radius 2 is 1.71 bits per heavy atom. The predicted molar refractivity (Wildman–Crippen MR) is 156 cm³/mol. The molecule has 0 heterocycles. The molecule has 2 atom stereocenters. The van der Waals surface area contributed by atoms with Crippen LogP contribution in [0.2, 0.25) is 0 Å². The average molecular weight is 641 g/mol. The molecule has 0 fully saturated rings. The van der Waals surface area contributed by atoms with Crippen LogP contribution in [0.5, 0.6) is 11.5 Å². The molecule has 0 saturated carbocycles. The quantitative estimate of drug-likeness (QED) is 0.0457. The van der Waals surface area contributed by atoms with E-state index in [0.29, 0.717) is 49.3 Å². The van der Waals surface area contributed by atoms with Crippen LogP contribution in [-0.4, -0.2) is 75.0 Å². The smallest absolute Gasteiger partial charge is 0.381 e. The molecule has 0 bridgehead atoms. The van der Waals surface area contributed by atoms with Crippen LogP contribution in [0, 0.1) is 16.0 Å². The van der Waals surface area contributed by atoms with E-state index in [4.69, 9.17) is 14.2 Å². The molecule has 45 heavy (non-hydrogen) atoms. The lowest BCUT2D eigenvalue weighted by atomic mass is 9.73. The number of benzene rings is 1. The van der Waals surface area contributed by atoms with Gasteiger partial charge in [-0.15, -0.1) is 15.9 Å². The van der Waals surface area contributed by atoms with E-state index >= 15 is 8.78 Å². The summed E-state index contributed by atoms with van der Waals surface area (Å²) in [5.41, 5.74) is 0.387. The number of hydrogen-bond donors (Lipinski definition) is 0. The van der Waals surface area contributed by atoms with Crippen LogP contribution in [0.1, 0.15) is 69.4 Å². The molecule has 250 valence electrons. The second-order valence-electron chi connectivity index (χ2n) is 12.1. The van der Waals surface area contributed by atoms with Gasteiger partial charge in [-0.2, -0.15) is 8.78 Å². The van der Waals surface area contributed by atoms with Crippen LogP contribution >= 0.6 is 0 Å². The zero-order valence-corrected chi connectivity index (χ0v) is 26.4. The van der Waals surface area contributed by atoms with E-state index < -0.39 is 51.9 Å². The highest BCUT2D eigenvalue weighted by Gasteiger charge is 2.44. The Morgan fingerprint density at radius 1 is 1.07 bits per heavy atom. The number of esters is 3. The highest BCUT2D eigenvalue weighted by atomic mass is 19.3. The van der Waals surface area contributed by atoms with E-state index in [2.05, 4.69) is 11.4 Å². The number of carbonyl (C=O) groups is 3. The summed E-state index contributed by atoms with van der Waals surface area (Å²) in [6.45, 7) is 6.46. The van der Waals surface area contributed by atoms with Gasteiger partial charge in [0.25, 0.3) is 5.09 Å². The lowest BCUT2D eigenvalue weighted by molar-refractivity contribution is -0.862. The van der Waals surface area contributed by atoms with Crippen molar-refractivity contribution >= 4 is 17.9 Å². The van der Waals surface area contributed by atoms with Crippen molar-refractivity contribution in [3.05, 3.63) is 57.2 Å². The van der Waals surface area contributed by atoms with Crippen LogP contribution in [0.25, 0.3) is 0 Å². The van der Waals surface area contributed by atoms with Crippen molar-refractivity contribution in [2.24, 2.45) is 5.92 Å². The van der Waals surface area contributed by atoms with Crippen molar-refractivity contribution in [3.63, 3.8) is 0 Å².